The summed E-state index contributed by atoms with van der Waals surface area (Å²) in [6.45, 7) is 0. The summed E-state index contributed by atoms with van der Waals surface area (Å²) in [5.41, 5.74) is 14.7. The molecule has 1 aliphatic carbocycles. The van der Waals surface area contributed by atoms with Crippen LogP contribution in [0.25, 0.3) is 84.1 Å². The van der Waals surface area contributed by atoms with Crippen molar-refractivity contribution in [2.45, 2.75) is 12.8 Å². The number of allylic oxidation sites excluding steroid dienone is 1. The summed E-state index contributed by atoms with van der Waals surface area (Å²) >= 11 is 0. The Kier molecular flexibility index (Phi) is 7.64. The first-order valence-electron chi connectivity index (χ1n) is 17.1. The smallest absolute Gasteiger partial charge is 0.160 e. The number of nitrogens with zero attached hydrogens (tertiary/aromatic N) is 3. The molecule has 0 spiro atoms. The molecule has 236 valence electrons. The molecule has 0 atom stereocenters. The highest BCUT2D eigenvalue weighted by Gasteiger charge is 2.14. The van der Waals surface area contributed by atoms with Crippen molar-refractivity contribution < 1.29 is 0 Å². The van der Waals surface area contributed by atoms with Gasteiger partial charge in [0.2, 0.25) is 0 Å². The zero-order valence-electron chi connectivity index (χ0n) is 27.5. The maximum atomic E-state index is 5.16. The lowest BCUT2D eigenvalue weighted by molar-refractivity contribution is 0.988. The van der Waals surface area contributed by atoms with Crippen molar-refractivity contribution in [2.24, 2.45) is 0 Å². The van der Waals surface area contributed by atoms with Gasteiger partial charge in [0.25, 0.3) is 0 Å². The van der Waals surface area contributed by atoms with Gasteiger partial charge in [-0.15, -0.1) is 0 Å². The Balaban J connectivity index is 1.11. The van der Waals surface area contributed by atoms with Gasteiger partial charge in [0, 0.05) is 29.1 Å². The van der Waals surface area contributed by atoms with Gasteiger partial charge in [-0.25, -0.2) is 9.97 Å². The number of rotatable bonds is 6. The lowest BCUT2D eigenvalue weighted by Gasteiger charge is -2.16. The van der Waals surface area contributed by atoms with Crippen LogP contribution in [0.15, 0.2) is 170 Å². The van der Waals surface area contributed by atoms with Gasteiger partial charge in [-0.3, -0.25) is 4.98 Å². The zero-order valence-corrected chi connectivity index (χ0v) is 27.5. The maximum Gasteiger partial charge on any atom is 0.160 e. The average molecular weight is 640 g/mol. The average Bonchev–Trinajstić information content (AvgIpc) is 3.21. The Hall–Kier alpha value is -6.45. The molecule has 0 fully saturated rings. The van der Waals surface area contributed by atoms with Gasteiger partial charge in [-0.05, 0) is 80.3 Å². The minimum absolute atomic E-state index is 0.705. The first-order valence-corrected chi connectivity index (χ1v) is 17.1. The lowest BCUT2D eigenvalue weighted by Crippen LogP contribution is -1.98. The molecule has 0 saturated carbocycles. The monoisotopic (exact) mass is 639 g/mol. The lowest BCUT2D eigenvalue weighted by atomic mass is 9.89. The van der Waals surface area contributed by atoms with Gasteiger partial charge in [0.05, 0.1) is 11.4 Å². The van der Waals surface area contributed by atoms with Crippen molar-refractivity contribution in [3.8, 4) is 67.3 Å². The second kappa shape index (κ2) is 12.9. The van der Waals surface area contributed by atoms with Crippen molar-refractivity contribution in [3.05, 3.63) is 181 Å². The van der Waals surface area contributed by atoms with E-state index in [1.807, 2.05) is 12.3 Å². The Morgan fingerprint density at radius 2 is 1.08 bits per heavy atom. The van der Waals surface area contributed by atoms with Crippen LogP contribution in [0, 0.1) is 0 Å². The number of fused-ring (bicyclic) bond motifs is 2. The van der Waals surface area contributed by atoms with E-state index in [1.165, 1.54) is 44.2 Å². The molecule has 0 N–H and O–H groups in total. The van der Waals surface area contributed by atoms with E-state index in [9.17, 15) is 0 Å². The molecule has 8 aromatic rings. The van der Waals surface area contributed by atoms with E-state index in [-0.39, 0.29) is 0 Å². The molecule has 9 rings (SSSR count). The second-order valence-corrected chi connectivity index (χ2v) is 12.8. The minimum Gasteiger partial charge on any atom is -0.264 e. The molecule has 1 aliphatic rings. The summed E-state index contributed by atoms with van der Waals surface area (Å²) < 4.78 is 0. The predicted molar refractivity (Wildman–Crippen MR) is 207 cm³/mol. The number of hydrogen-bond acceptors (Lipinski definition) is 3. The predicted octanol–water partition coefficient (Wildman–Crippen LogP) is 12.0. The molecule has 0 aliphatic heterocycles. The van der Waals surface area contributed by atoms with Crippen molar-refractivity contribution in [1.82, 2.24) is 15.0 Å². The molecular formula is C47H33N3. The van der Waals surface area contributed by atoms with E-state index >= 15 is 0 Å². The van der Waals surface area contributed by atoms with E-state index < -0.39 is 0 Å². The molecule has 0 radical (unpaired) electrons. The largest absolute Gasteiger partial charge is 0.264 e. The van der Waals surface area contributed by atoms with E-state index in [1.54, 1.807) is 6.20 Å². The van der Waals surface area contributed by atoms with E-state index in [4.69, 9.17) is 9.97 Å². The summed E-state index contributed by atoms with van der Waals surface area (Å²) in [5.74, 6) is 0.705. The molecule has 0 bridgehead atoms. The van der Waals surface area contributed by atoms with Crippen molar-refractivity contribution in [3.63, 3.8) is 0 Å². The Morgan fingerprint density at radius 3 is 1.82 bits per heavy atom. The molecule has 2 aromatic heterocycles. The molecule has 0 saturated heterocycles. The summed E-state index contributed by atoms with van der Waals surface area (Å²) in [6.07, 6.45) is 10.3. The number of hydrogen-bond donors (Lipinski definition) is 0. The highest BCUT2D eigenvalue weighted by molar-refractivity contribution is 5.96. The van der Waals surface area contributed by atoms with Gasteiger partial charge in [-0.1, -0.05) is 152 Å². The van der Waals surface area contributed by atoms with E-state index in [0.29, 0.717) is 5.82 Å². The van der Waals surface area contributed by atoms with Gasteiger partial charge in [0.1, 0.15) is 0 Å². The van der Waals surface area contributed by atoms with Gasteiger partial charge >= 0.3 is 0 Å². The molecule has 50 heavy (non-hydrogen) atoms. The number of aromatic nitrogens is 3. The van der Waals surface area contributed by atoms with Crippen LogP contribution < -0.4 is 0 Å². The van der Waals surface area contributed by atoms with Crippen LogP contribution in [0.2, 0.25) is 0 Å². The molecule has 0 unspecified atom stereocenters. The van der Waals surface area contributed by atoms with Crippen molar-refractivity contribution >= 4 is 16.8 Å². The Labute approximate surface area is 292 Å². The van der Waals surface area contributed by atoms with Gasteiger partial charge in [-0.2, -0.15) is 0 Å². The summed E-state index contributed by atoms with van der Waals surface area (Å²) in [5, 5.41) is 2.49. The van der Waals surface area contributed by atoms with Crippen molar-refractivity contribution in [1.29, 1.82) is 0 Å². The van der Waals surface area contributed by atoms with Crippen LogP contribution >= 0.6 is 0 Å². The quantitative estimate of drug-likeness (QED) is 0.182. The highest BCUT2D eigenvalue weighted by atomic mass is 14.9. The Morgan fingerprint density at radius 1 is 0.460 bits per heavy atom. The third kappa shape index (κ3) is 5.69. The van der Waals surface area contributed by atoms with Crippen LogP contribution in [0.4, 0.5) is 0 Å². The third-order valence-electron chi connectivity index (χ3n) is 9.71. The highest BCUT2D eigenvalue weighted by Crippen LogP contribution is 2.35. The van der Waals surface area contributed by atoms with Crippen LogP contribution in [0.5, 0.6) is 0 Å². The van der Waals surface area contributed by atoms with E-state index in [2.05, 4.69) is 163 Å². The first-order chi connectivity index (χ1) is 24.8. The minimum atomic E-state index is 0.705. The number of pyridine rings is 1. The topological polar surface area (TPSA) is 38.7 Å². The normalized spacial score (nSPS) is 12.2. The molecule has 2 heterocycles. The maximum absolute atomic E-state index is 5.16. The van der Waals surface area contributed by atoms with Crippen LogP contribution in [0.1, 0.15) is 17.5 Å². The third-order valence-corrected chi connectivity index (χ3v) is 9.71. The molecule has 6 aromatic carbocycles. The molecule has 0 amide bonds. The summed E-state index contributed by atoms with van der Waals surface area (Å²) in [7, 11) is 0. The fourth-order valence-corrected chi connectivity index (χ4v) is 7.08. The standard InChI is InChI=1S/C47H33N3/c1-3-13-41-33(8-1)10-5-15-43(41)35-19-25-38(26-20-35)46-30-45(37-23-17-32(18-24-37)40-12-7-29-48-31-40)49-47(50-46)39-27-21-36(22-28-39)44-16-6-11-34-9-2-4-14-42(34)44/h1-3,5-13,15-31H,4,14H2. The fraction of sp³-hybridized carbons (Fsp3) is 0.0426. The van der Waals surface area contributed by atoms with Crippen LogP contribution in [-0.4, -0.2) is 15.0 Å². The zero-order chi connectivity index (χ0) is 33.3. The molecular weight excluding hydrogens is 607 g/mol. The molecule has 3 nitrogen and oxygen atoms in total. The summed E-state index contributed by atoms with van der Waals surface area (Å²) in [6, 6.07) is 53.8. The van der Waals surface area contributed by atoms with Gasteiger partial charge < -0.3 is 0 Å². The second-order valence-electron chi connectivity index (χ2n) is 12.8. The SMILES string of the molecule is C1=Cc2cccc(-c3ccc(-c4nc(-c5ccc(-c6cccnc6)cc5)cc(-c5ccc(-c6cccc7ccccc67)cc5)n4)cc3)c2CC1. The number of benzene rings is 6. The van der Waals surface area contributed by atoms with Crippen LogP contribution in [-0.2, 0) is 6.42 Å². The molecule has 3 heteroatoms. The fourth-order valence-electron chi connectivity index (χ4n) is 7.08. The summed E-state index contributed by atoms with van der Waals surface area (Å²) in [4.78, 5) is 14.6. The van der Waals surface area contributed by atoms with E-state index in [0.717, 1.165) is 52.0 Å². The van der Waals surface area contributed by atoms with Crippen molar-refractivity contribution in [2.75, 3.05) is 0 Å². The van der Waals surface area contributed by atoms with Gasteiger partial charge in [0.15, 0.2) is 5.82 Å². The first kappa shape index (κ1) is 29.7. The Bertz CT molecular complexity index is 2490. The van der Waals surface area contributed by atoms with Crippen LogP contribution in [0.3, 0.4) is 0 Å².